The van der Waals surface area contributed by atoms with Crippen LogP contribution in [-0.4, -0.2) is 15.5 Å². The van der Waals surface area contributed by atoms with Crippen LogP contribution in [0.1, 0.15) is 6.92 Å². The minimum atomic E-state index is -0.651. The van der Waals surface area contributed by atoms with Gasteiger partial charge in [-0.3, -0.25) is 14.4 Å². The highest BCUT2D eigenvalue weighted by molar-refractivity contribution is 5.70. The summed E-state index contributed by atoms with van der Waals surface area (Å²) < 4.78 is 5.64. The lowest BCUT2D eigenvalue weighted by atomic mass is 10.4. The SMILES string of the molecule is CC(=O)Oc1cccnc1-n1c(=O)c1=O. The summed E-state index contributed by atoms with van der Waals surface area (Å²) in [6.07, 6.45) is 1.40. The zero-order valence-corrected chi connectivity index (χ0v) is 7.76. The molecule has 0 saturated carbocycles. The molecule has 0 radical (unpaired) electrons. The molecule has 76 valence electrons. The van der Waals surface area contributed by atoms with Gasteiger partial charge in [0.25, 0.3) is 0 Å². The number of ether oxygens (including phenoxy) is 1. The summed E-state index contributed by atoms with van der Waals surface area (Å²) in [7, 11) is 0. The molecule has 0 spiro atoms. The second kappa shape index (κ2) is 3.16. The normalized spacial score (nSPS) is 10.5. The van der Waals surface area contributed by atoms with Gasteiger partial charge in [-0.1, -0.05) is 0 Å². The number of carbonyl (C=O) groups is 1. The fraction of sp³-hybridized carbons (Fsp3) is 0.111. The maximum Gasteiger partial charge on any atom is 0.325 e. The summed E-state index contributed by atoms with van der Waals surface area (Å²) in [6, 6.07) is 3.00. The molecule has 0 aromatic carbocycles. The molecule has 0 bridgehead atoms. The molecular weight excluding hydrogens is 200 g/mol. The Labute approximate surface area is 83.4 Å². The zero-order chi connectivity index (χ0) is 11.0. The number of esters is 1. The molecule has 0 atom stereocenters. The van der Waals surface area contributed by atoms with E-state index in [0.717, 1.165) is 4.57 Å². The van der Waals surface area contributed by atoms with Crippen LogP contribution >= 0.6 is 0 Å². The first-order chi connectivity index (χ1) is 7.11. The summed E-state index contributed by atoms with van der Waals surface area (Å²) in [5, 5.41) is 0. The van der Waals surface area contributed by atoms with Crippen molar-refractivity contribution in [2.45, 2.75) is 6.92 Å². The van der Waals surface area contributed by atoms with Gasteiger partial charge in [-0.05, 0) is 12.1 Å². The number of nitrogens with zero attached hydrogens (tertiary/aromatic N) is 2. The number of hydrogen-bond donors (Lipinski definition) is 0. The van der Waals surface area contributed by atoms with Crippen LogP contribution in [0.2, 0.25) is 0 Å². The molecule has 0 amide bonds. The molecular formula is C9H6N2O4. The highest BCUT2D eigenvalue weighted by Gasteiger charge is 2.23. The third-order valence-electron chi connectivity index (χ3n) is 1.76. The monoisotopic (exact) mass is 206 g/mol. The Morgan fingerprint density at radius 3 is 2.60 bits per heavy atom. The molecule has 0 aliphatic carbocycles. The van der Waals surface area contributed by atoms with Crippen LogP contribution in [0.3, 0.4) is 0 Å². The van der Waals surface area contributed by atoms with Crippen molar-refractivity contribution >= 4 is 5.97 Å². The Hall–Kier alpha value is -2.24. The summed E-state index contributed by atoms with van der Waals surface area (Å²) in [5.41, 5.74) is -1.30. The van der Waals surface area contributed by atoms with Crippen molar-refractivity contribution in [3.05, 3.63) is 39.0 Å². The Balaban J connectivity index is 2.48. The molecule has 15 heavy (non-hydrogen) atoms. The van der Waals surface area contributed by atoms with E-state index in [2.05, 4.69) is 4.98 Å². The highest BCUT2D eigenvalue weighted by Crippen LogP contribution is 2.17. The van der Waals surface area contributed by atoms with E-state index in [-0.39, 0.29) is 11.6 Å². The molecule has 0 aliphatic heterocycles. The van der Waals surface area contributed by atoms with Gasteiger partial charge in [0.2, 0.25) is 0 Å². The molecule has 0 saturated heterocycles. The standard InChI is InChI=1S/C9H6N2O4/c1-5(12)15-6-3-2-4-10-7(6)11-8(13)9(11)14/h2-4H,1H3. The van der Waals surface area contributed by atoms with E-state index < -0.39 is 17.1 Å². The van der Waals surface area contributed by atoms with Gasteiger partial charge in [0, 0.05) is 13.1 Å². The average molecular weight is 206 g/mol. The summed E-state index contributed by atoms with van der Waals surface area (Å²) in [5.74, 6) is -0.377. The van der Waals surface area contributed by atoms with Gasteiger partial charge >= 0.3 is 17.1 Å². The van der Waals surface area contributed by atoms with Crippen LogP contribution in [0.4, 0.5) is 0 Å². The van der Waals surface area contributed by atoms with Crippen molar-refractivity contribution in [1.82, 2.24) is 9.55 Å². The van der Waals surface area contributed by atoms with Gasteiger partial charge in [-0.15, -0.1) is 0 Å². The zero-order valence-electron chi connectivity index (χ0n) is 7.76. The van der Waals surface area contributed by atoms with Crippen LogP contribution in [0.15, 0.2) is 27.9 Å². The van der Waals surface area contributed by atoms with E-state index in [4.69, 9.17) is 4.74 Å². The van der Waals surface area contributed by atoms with E-state index in [0.29, 0.717) is 0 Å². The summed E-state index contributed by atoms with van der Waals surface area (Å²) >= 11 is 0. The molecule has 2 heterocycles. The number of carbonyl (C=O) groups excluding carboxylic acids is 1. The fourth-order valence-corrected chi connectivity index (χ4v) is 1.11. The quantitative estimate of drug-likeness (QED) is 0.484. The fourth-order valence-electron chi connectivity index (χ4n) is 1.11. The molecule has 0 N–H and O–H groups in total. The van der Waals surface area contributed by atoms with E-state index in [1.807, 2.05) is 0 Å². The lowest BCUT2D eigenvalue weighted by Gasteiger charge is -2.03. The predicted octanol–water partition coefficient (Wildman–Crippen LogP) is -0.606. The third kappa shape index (κ3) is 1.56. The van der Waals surface area contributed by atoms with Crippen molar-refractivity contribution < 1.29 is 9.53 Å². The van der Waals surface area contributed by atoms with Crippen molar-refractivity contribution in [2.75, 3.05) is 0 Å². The van der Waals surface area contributed by atoms with Gasteiger partial charge in [-0.2, -0.15) is 0 Å². The first kappa shape index (κ1) is 9.32. The van der Waals surface area contributed by atoms with Crippen molar-refractivity contribution in [3.63, 3.8) is 0 Å². The minimum absolute atomic E-state index is 0.0581. The van der Waals surface area contributed by atoms with Crippen LogP contribution in [0.25, 0.3) is 5.82 Å². The van der Waals surface area contributed by atoms with Gasteiger partial charge < -0.3 is 4.74 Å². The number of aromatic nitrogens is 2. The Morgan fingerprint density at radius 1 is 1.40 bits per heavy atom. The van der Waals surface area contributed by atoms with Crippen LogP contribution in [-0.2, 0) is 4.79 Å². The molecule has 2 aromatic heterocycles. The van der Waals surface area contributed by atoms with Crippen LogP contribution in [0, 0.1) is 0 Å². The van der Waals surface area contributed by atoms with E-state index in [9.17, 15) is 14.4 Å². The van der Waals surface area contributed by atoms with Crippen LogP contribution < -0.4 is 15.9 Å². The largest absolute Gasteiger partial charge is 0.423 e. The topological polar surface area (TPSA) is 78.3 Å². The highest BCUT2D eigenvalue weighted by atomic mass is 16.5. The molecule has 0 fully saturated rings. The smallest absolute Gasteiger partial charge is 0.325 e. The number of hydrogen-bond acceptors (Lipinski definition) is 5. The predicted molar refractivity (Wildman–Crippen MR) is 49.8 cm³/mol. The molecule has 2 rings (SSSR count). The van der Waals surface area contributed by atoms with Crippen LogP contribution in [0.5, 0.6) is 5.75 Å². The van der Waals surface area contributed by atoms with E-state index >= 15 is 0 Å². The van der Waals surface area contributed by atoms with Gasteiger partial charge in [0.05, 0.1) is 0 Å². The summed E-state index contributed by atoms with van der Waals surface area (Å²) in [6.45, 7) is 1.22. The molecule has 0 aliphatic rings. The van der Waals surface area contributed by atoms with Crippen molar-refractivity contribution in [3.8, 4) is 11.6 Å². The van der Waals surface area contributed by atoms with Gasteiger partial charge in [0.15, 0.2) is 11.6 Å². The Morgan fingerprint density at radius 2 is 2.07 bits per heavy atom. The van der Waals surface area contributed by atoms with Gasteiger partial charge in [0.1, 0.15) is 0 Å². The first-order valence-corrected chi connectivity index (χ1v) is 4.13. The average Bonchev–Trinajstić information content (AvgIpc) is 2.75. The maximum atomic E-state index is 10.9. The molecule has 6 heteroatoms. The Bertz CT molecular complexity index is 567. The van der Waals surface area contributed by atoms with E-state index in [1.165, 1.54) is 19.2 Å². The number of pyridine rings is 1. The molecule has 0 unspecified atom stereocenters. The minimum Gasteiger partial charge on any atom is -0.423 e. The van der Waals surface area contributed by atoms with Crippen molar-refractivity contribution in [2.24, 2.45) is 0 Å². The molecule has 6 nitrogen and oxygen atoms in total. The lowest BCUT2D eigenvalue weighted by Crippen LogP contribution is -2.06. The second-order valence-electron chi connectivity index (χ2n) is 2.86. The van der Waals surface area contributed by atoms with Crippen molar-refractivity contribution in [1.29, 1.82) is 0 Å². The third-order valence-corrected chi connectivity index (χ3v) is 1.76. The van der Waals surface area contributed by atoms with Gasteiger partial charge in [-0.25, -0.2) is 9.55 Å². The maximum absolute atomic E-state index is 10.9. The second-order valence-corrected chi connectivity index (χ2v) is 2.86. The summed E-state index contributed by atoms with van der Waals surface area (Å²) in [4.78, 5) is 36.2. The first-order valence-electron chi connectivity index (χ1n) is 4.13. The van der Waals surface area contributed by atoms with E-state index in [1.54, 1.807) is 6.07 Å². The number of rotatable bonds is 2. The lowest BCUT2D eigenvalue weighted by molar-refractivity contribution is -0.131. The Kier molecular flexibility index (Phi) is 1.96. The molecule has 2 aromatic rings.